The van der Waals surface area contributed by atoms with E-state index in [1.54, 1.807) is 5.06 Å². The van der Waals surface area contributed by atoms with Gasteiger partial charge in [0.2, 0.25) is 0 Å². The van der Waals surface area contributed by atoms with Crippen LogP contribution in [-0.4, -0.2) is 67.0 Å². The van der Waals surface area contributed by atoms with Gasteiger partial charge in [0.15, 0.2) is 0 Å². The van der Waals surface area contributed by atoms with Crippen LogP contribution >= 0.6 is 0 Å². The van der Waals surface area contributed by atoms with Crippen molar-refractivity contribution in [3.63, 3.8) is 0 Å². The largest absolute Gasteiger partial charge is 0.396 e. The molecule has 0 amide bonds. The number of terminal acetylenes is 1. The molecule has 1 atom stereocenters. The molecular weight excluding hydrogens is 234 g/mol. The van der Waals surface area contributed by atoms with E-state index in [9.17, 15) is 0 Å². The van der Waals surface area contributed by atoms with Crippen LogP contribution in [0.15, 0.2) is 0 Å². The summed E-state index contributed by atoms with van der Waals surface area (Å²) in [7, 11) is 0. The van der Waals surface area contributed by atoms with Crippen LogP contribution in [0.5, 0.6) is 0 Å². The third-order valence-electron chi connectivity index (χ3n) is 2.98. The normalized spacial score (nSPS) is 21.9. The second-order valence-corrected chi connectivity index (χ2v) is 4.27. The molecule has 1 aliphatic rings. The van der Waals surface area contributed by atoms with E-state index in [1.807, 2.05) is 0 Å². The first kappa shape index (κ1) is 15.4. The van der Waals surface area contributed by atoms with Crippen molar-refractivity contribution in [3.8, 4) is 12.3 Å². The number of aliphatic hydroxyl groups excluding tert-OH is 1. The van der Waals surface area contributed by atoms with E-state index < -0.39 is 0 Å². The number of rotatable bonds is 8. The second kappa shape index (κ2) is 9.28. The van der Waals surface area contributed by atoms with Gasteiger partial charge in [-0.25, -0.2) is 4.89 Å². The van der Waals surface area contributed by atoms with Gasteiger partial charge in [0, 0.05) is 32.3 Å². The molecule has 0 spiro atoms. The lowest BCUT2D eigenvalue weighted by Gasteiger charge is -2.39. The molecule has 1 rings (SSSR count). The molecule has 0 aromatic rings. The average Bonchev–Trinajstić information content (AvgIpc) is 2.38. The van der Waals surface area contributed by atoms with Crippen molar-refractivity contribution in [1.29, 1.82) is 0 Å². The highest BCUT2D eigenvalue weighted by Crippen LogP contribution is 2.13. The number of hydrogen-bond acceptors (Lipinski definition) is 6. The summed E-state index contributed by atoms with van der Waals surface area (Å²) in [5.74, 6) is 2.34. The van der Waals surface area contributed by atoms with Crippen LogP contribution in [0.25, 0.3) is 0 Å². The molecule has 0 aliphatic carbocycles. The third kappa shape index (κ3) is 5.31. The van der Waals surface area contributed by atoms with Crippen LogP contribution in [0.3, 0.4) is 0 Å². The summed E-state index contributed by atoms with van der Waals surface area (Å²) in [6.07, 6.45) is 6.76. The smallest absolute Gasteiger partial charge is 0.144 e. The van der Waals surface area contributed by atoms with Crippen LogP contribution in [0, 0.1) is 12.3 Å². The van der Waals surface area contributed by atoms with Crippen molar-refractivity contribution < 1.29 is 15.0 Å². The summed E-state index contributed by atoms with van der Waals surface area (Å²) in [4.78, 5) is 12.3. The Morgan fingerprint density at radius 2 is 2.28 bits per heavy atom. The predicted molar refractivity (Wildman–Crippen MR) is 68.2 cm³/mol. The fraction of sp³-hybridized carbons (Fsp3) is 0.833. The summed E-state index contributed by atoms with van der Waals surface area (Å²) in [5.41, 5.74) is 5.52. The zero-order valence-electron chi connectivity index (χ0n) is 10.8. The maximum atomic E-state index is 9.09. The van der Waals surface area contributed by atoms with Gasteiger partial charge < -0.3 is 10.8 Å². The molecule has 0 bridgehead atoms. The van der Waals surface area contributed by atoms with Crippen molar-refractivity contribution in [2.75, 3.05) is 45.9 Å². The molecule has 0 radical (unpaired) electrons. The minimum absolute atomic E-state index is 0.137. The summed E-state index contributed by atoms with van der Waals surface area (Å²) >= 11 is 0. The number of aliphatic hydroxyl groups is 1. The zero-order chi connectivity index (χ0) is 13.2. The van der Waals surface area contributed by atoms with E-state index >= 15 is 0 Å². The Labute approximate surface area is 109 Å². The Morgan fingerprint density at radius 3 is 2.94 bits per heavy atom. The van der Waals surface area contributed by atoms with E-state index in [0.29, 0.717) is 13.1 Å². The van der Waals surface area contributed by atoms with Crippen LogP contribution in [0.2, 0.25) is 0 Å². The van der Waals surface area contributed by atoms with Gasteiger partial charge in [0.1, 0.15) is 6.61 Å². The van der Waals surface area contributed by atoms with Crippen molar-refractivity contribution in [1.82, 2.24) is 9.96 Å². The first-order chi connectivity index (χ1) is 8.81. The minimum Gasteiger partial charge on any atom is -0.396 e. The van der Waals surface area contributed by atoms with Gasteiger partial charge in [-0.1, -0.05) is 5.92 Å². The highest BCUT2D eigenvalue weighted by Gasteiger charge is 2.27. The Kier molecular flexibility index (Phi) is 7.93. The maximum Gasteiger partial charge on any atom is 0.144 e. The number of nitrogens with two attached hydrogens (primary N) is 1. The second-order valence-electron chi connectivity index (χ2n) is 4.27. The molecule has 18 heavy (non-hydrogen) atoms. The molecule has 6 heteroatoms. The Balaban J connectivity index is 2.35. The first-order valence-electron chi connectivity index (χ1n) is 6.34. The average molecular weight is 257 g/mol. The molecule has 0 saturated carbocycles. The van der Waals surface area contributed by atoms with Crippen LogP contribution < -0.4 is 5.73 Å². The van der Waals surface area contributed by atoms with E-state index in [1.165, 1.54) is 0 Å². The fourth-order valence-electron chi connectivity index (χ4n) is 2.08. The van der Waals surface area contributed by atoms with E-state index in [4.69, 9.17) is 27.1 Å². The molecule has 1 fully saturated rings. The summed E-state index contributed by atoms with van der Waals surface area (Å²) < 4.78 is 0. The summed E-state index contributed by atoms with van der Waals surface area (Å²) in [6.45, 7) is 4.30. The lowest BCUT2D eigenvalue weighted by Crippen LogP contribution is -2.53. The molecule has 1 aliphatic heterocycles. The molecule has 6 nitrogen and oxygen atoms in total. The quantitative estimate of drug-likeness (QED) is 0.257. The van der Waals surface area contributed by atoms with Gasteiger partial charge in [-0.3, -0.25) is 4.90 Å². The number of hydroxylamine groups is 2. The monoisotopic (exact) mass is 257 g/mol. The Morgan fingerprint density at radius 1 is 1.44 bits per heavy atom. The molecule has 1 heterocycles. The Bertz CT molecular complexity index is 257. The summed E-state index contributed by atoms with van der Waals surface area (Å²) in [5, 5.41) is 10.8. The maximum absolute atomic E-state index is 9.09. The highest BCUT2D eigenvalue weighted by molar-refractivity contribution is 4.82. The highest BCUT2D eigenvalue weighted by atomic mass is 17.3. The lowest BCUT2D eigenvalue weighted by molar-refractivity contribution is -0.427. The molecule has 104 valence electrons. The van der Waals surface area contributed by atoms with Crippen LogP contribution in [0.1, 0.15) is 12.8 Å². The van der Waals surface area contributed by atoms with E-state index in [0.717, 1.165) is 32.5 Å². The van der Waals surface area contributed by atoms with Crippen LogP contribution in [0.4, 0.5) is 0 Å². The number of hydrogen-bond donors (Lipinski definition) is 2. The van der Waals surface area contributed by atoms with Crippen molar-refractivity contribution in [2.45, 2.75) is 18.9 Å². The molecule has 3 N–H and O–H groups in total. The minimum atomic E-state index is 0.137. The zero-order valence-corrected chi connectivity index (χ0v) is 10.8. The third-order valence-corrected chi connectivity index (χ3v) is 2.98. The van der Waals surface area contributed by atoms with Crippen molar-refractivity contribution in [2.24, 2.45) is 5.73 Å². The molecule has 1 unspecified atom stereocenters. The van der Waals surface area contributed by atoms with Crippen LogP contribution in [-0.2, 0) is 9.88 Å². The van der Waals surface area contributed by atoms with Gasteiger partial charge in [0.05, 0.1) is 0 Å². The fourth-order valence-corrected chi connectivity index (χ4v) is 2.08. The Hall–Kier alpha value is -0.680. The lowest BCUT2D eigenvalue weighted by atomic mass is 10.1. The van der Waals surface area contributed by atoms with E-state index in [2.05, 4.69) is 10.8 Å². The van der Waals surface area contributed by atoms with Gasteiger partial charge in [-0.15, -0.1) is 11.4 Å². The topological polar surface area (TPSA) is 71.2 Å². The van der Waals surface area contributed by atoms with Crippen molar-refractivity contribution >= 4 is 0 Å². The van der Waals surface area contributed by atoms with Gasteiger partial charge in [-0.2, -0.15) is 5.06 Å². The predicted octanol–water partition coefficient (Wildman–Crippen LogP) is -0.800. The number of nitrogens with zero attached hydrogens (tertiary/aromatic N) is 2. The van der Waals surface area contributed by atoms with Crippen molar-refractivity contribution in [3.05, 3.63) is 0 Å². The molecule has 1 saturated heterocycles. The van der Waals surface area contributed by atoms with Gasteiger partial charge in [-0.05, 0) is 25.9 Å². The van der Waals surface area contributed by atoms with Gasteiger partial charge >= 0.3 is 0 Å². The van der Waals surface area contributed by atoms with Gasteiger partial charge in [0.25, 0.3) is 0 Å². The molecule has 0 aromatic carbocycles. The standard InChI is InChI=1S/C12H23N3O3/c1-2-10-17-18-15-8-7-14(6-3-5-13)12(11-15)4-9-16/h1,12,16H,3-11,13H2. The molecular formula is C12H23N3O3. The SMILES string of the molecule is C#CCOON1CCN(CCCN)C(CCO)C1. The number of piperazine rings is 1. The first-order valence-corrected chi connectivity index (χ1v) is 6.34. The summed E-state index contributed by atoms with van der Waals surface area (Å²) in [6, 6.07) is 0.268. The molecule has 0 aromatic heterocycles. The van der Waals surface area contributed by atoms with E-state index in [-0.39, 0.29) is 19.3 Å².